The fraction of sp³-hybridized carbons (Fsp3) is 0.316. The lowest BCUT2D eigenvalue weighted by Gasteiger charge is -2.10. The molecule has 2 heterocycles. The summed E-state index contributed by atoms with van der Waals surface area (Å²) >= 11 is 0. The van der Waals surface area contributed by atoms with Gasteiger partial charge in [0.25, 0.3) is 5.89 Å². The van der Waals surface area contributed by atoms with Crippen LogP contribution in [0.1, 0.15) is 13.3 Å². The lowest BCUT2D eigenvalue weighted by Crippen LogP contribution is -2.18. The molecule has 0 saturated carbocycles. The van der Waals surface area contributed by atoms with Crippen LogP contribution in [0.5, 0.6) is 11.5 Å². The molecule has 0 aliphatic rings. The quantitative estimate of drug-likeness (QED) is 0.624. The Balaban J connectivity index is 1.80. The van der Waals surface area contributed by atoms with E-state index in [9.17, 15) is 5.11 Å². The number of benzene rings is 1. The summed E-state index contributed by atoms with van der Waals surface area (Å²) in [5, 5.41) is 16.7. The highest BCUT2D eigenvalue weighted by Crippen LogP contribution is 2.37. The van der Waals surface area contributed by atoms with Crippen LogP contribution in [-0.4, -0.2) is 47.1 Å². The largest absolute Gasteiger partial charge is 0.493 e. The Labute approximate surface area is 157 Å². The highest BCUT2D eigenvalue weighted by Gasteiger charge is 2.17. The van der Waals surface area contributed by atoms with Crippen molar-refractivity contribution in [1.29, 1.82) is 0 Å². The first-order valence-corrected chi connectivity index (χ1v) is 8.59. The second-order valence-corrected chi connectivity index (χ2v) is 5.84. The van der Waals surface area contributed by atoms with Gasteiger partial charge >= 0.3 is 0 Å². The summed E-state index contributed by atoms with van der Waals surface area (Å²) < 4.78 is 16.1. The number of rotatable bonds is 8. The second-order valence-electron chi connectivity index (χ2n) is 5.84. The number of nitrogens with one attached hydrogen (secondary N) is 1. The molecule has 1 atom stereocenters. The Morgan fingerprint density at radius 2 is 2.04 bits per heavy atom. The third kappa shape index (κ3) is 4.17. The van der Waals surface area contributed by atoms with E-state index in [2.05, 4.69) is 20.4 Å². The third-order valence-corrected chi connectivity index (χ3v) is 4.07. The Bertz CT molecular complexity index is 880. The van der Waals surface area contributed by atoms with E-state index in [1.165, 1.54) is 0 Å². The predicted molar refractivity (Wildman–Crippen MR) is 101 cm³/mol. The van der Waals surface area contributed by atoms with Crippen molar-refractivity contribution in [3.63, 3.8) is 0 Å². The fourth-order valence-electron chi connectivity index (χ4n) is 2.51. The van der Waals surface area contributed by atoms with E-state index in [0.29, 0.717) is 53.1 Å². The summed E-state index contributed by atoms with van der Waals surface area (Å²) in [5.41, 5.74) is 1.36. The van der Waals surface area contributed by atoms with Gasteiger partial charge < -0.3 is 24.4 Å². The minimum atomic E-state index is -0.400. The van der Waals surface area contributed by atoms with Gasteiger partial charge in [-0.25, -0.2) is 4.98 Å². The predicted octanol–water partition coefficient (Wildman–Crippen LogP) is 3.00. The van der Waals surface area contributed by atoms with Crippen LogP contribution in [-0.2, 0) is 0 Å². The van der Waals surface area contributed by atoms with Crippen LogP contribution in [0.3, 0.4) is 0 Å². The van der Waals surface area contributed by atoms with E-state index < -0.39 is 6.10 Å². The molecule has 8 heteroatoms. The molecule has 0 aliphatic heterocycles. The molecule has 0 aliphatic carbocycles. The number of aliphatic hydroxyl groups excluding tert-OH is 1. The van der Waals surface area contributed by atoms with E-state index >= 15 is 0 Å². The maximum Gasteiger partial charge on any atom is 0.259 e. The highest BCUT2D eigenvalue weighted by atomic mass is 16.5. The van der Waals surface area contributed by atoms with Crippen LogP contribution in [0.15, 0.2) is 41.1 Å². The Hall–Kier alpha value is -3.13. The van der Waals surface area contributed by atoms with Gasteiger partial charge in [-0.3, -0.25) is 0 Å². The third-order valence-electron chi connectivity index (χ3n) is 4.07. The lowest BCUT2D eigenvalue weighted by molar-refractivity contribution is 0.183. The van der Waals surface area contributed by atoms with Gasteiger partial charge in [-0.15, -0.1) is 0 Å². The smallest absolute Gasteiger partial charge is 0.259 e. The number of nitrogens with zero attached hydrogens (tertiary/aromatic N) is 3. The molecule has 0 bridgehead atoms. The van der Waals surface area contributed by atoms with Gasteiger partial charge in [-0.05, 0) is 30.7 Å². The monoisotopic (exact) mass is 370 g/mol. The zero-order chi connectivity index (χ0) is 19.2. The standard InChI is InChI=1S/C19H22N4O4/c1-4-13(24)11-21-16-9-8-12(10-20-16)19-22-18(23-27-19)14-6-5-7-15(25-2)17(14)26-3/h5-10,13,24H,4,11H2,1-3H3,(H,20,21). The van der Waals surface area contributed by atoms with Crippen molar-refractivity contribution in [2.75, 3.05) is 26.1 Å². The maximum atomic E-state index is 9.60. The van der Waals surface area contributed by atoms with Crippen LogP contribution in [0.4, 0.5) is 5.82 Å². The van der Waals surface area contributed by atoms with Crippen molar-refractivity contribution in [2.24, 2.45) is 0 Å². The van der Waals surface area contributed by atoms with E-state index in [1.54, 1.807) is 32.5 Å². The maximum absolute atomic E-state index is 9.60. The number of hydrogen-bond donors (Lipinski definition) is 2. The highest BCUT2D eigenvalue weighted by molar-refractivity contribution is 5.69. The molecule has 8 nitrogen and oxygen atoms in total. The molecule has 0 fully saturated rings. The van der Waals surface area contributed by atoms with Crippen molar-refractivity contribution in [3.05, 3.63) is 36.5 Å². The van der Waals surface area contributed by atoms with Gasteiger partial charge in [0, 0.05) is 12.7 Å². The van der Waals surface area contributed by atoms with E-state index in [4.69, 9.17) is 14.0 Å². The summed E-state index contributed by atoms with van der Waals surface area (Å²) in [6.07, 6.45) is 1.92. The molecule has 2 aromatic heterocycles. The number of anilines is 1. The van der Waals surface area contributed by atoms with E-state index in [-0.39, 0.29) is 0 Å². The van der Waals surface area contributed by atoms with Crippen molar-refractivity contribution >= 4 is 5.82 Å². The Morgan fingerprint density at radius 3 is 2.70 bits per heavy atom. The number of para-hydroxylation sites is 1. The zero-order valence-electron chi connectivity index (χ0n) is 15.5. The van der Waals surface area contributed by atoms with Crippen LogP contribution in [0.2, 0.25) is 0 Å². The molecule has 2 N–H and O–H groups in total. The van der Waals surface area contributed by atoms with E-state index in [1.807, 2.05) is 25.1 Å². The summed E-state index contributed by atoms with van der Waals surface area (Å²) in [7, 11) is 3.14. The van der Waals surface area contributed by atoms with Crippen molar-refractivity contribution in [2.45, 2.75) is 19.4 Å². The SMILES string of the molecule is CCC(O)CNc1ccc(-c2nc(-c3cccc(OC)c3OC)no2)cn1. The van der Waals surface area contributed by atoms with Crippen LogP contribution < -0.4 is 14.8 Å². The zero-order valence-corrected chi connectivity index (χ0v) is 15.5. The average Bonchev–Trinajstić information content (AvgIpc) is 3.21. The van der Waals surface area contributed by atoms with Gasteiger partial charge in [-0.1, -0.05) is 18.1 Å². The number of aromatic nitrogens is 3. The molecule has 0 radical (unpaired) electrons. The first kappa shape index (κ1) is 18.7. The van der Waals surface area contributed by atoms with Crippen molar-refractivity contribution in [3.8, 4) is 34.3 Å². The van der Waals surface area contributed by atoms with Gasteiger partial charge in [0.15, 0.2) is 11.5 Å². The fourth-order valence-corrected chi connectivity index (χ4v) is 2.51. The molecular weight excluding hydrogens is 348 g/mol. The summed E-state index contributed by atoms with van der Waals surface area (Å²) in [5.74, 6) is 2.55. The number of methoxy groups -OCH3 is 2. The van der Waals surface area contributed by atoms with Gasteiger partial charge in [0.05, 0.1) is 31.5 Å². The van der Waals surface area contributed by atoms with Crippen molar-refractivity contribution in [1.82, 2.24) is 15.1 Å². The Morgan fingerprint density at radius 1 is 1.19 bits per heavy atom. The van der Waals surface area contributed by atoms with Crippen LogP contribution in [0, 0.1) is 0 Å². The molecular formula is C19H22N4O4. The summed E-state index contributed by atoms with van der Waals surface area (Å²) in [6, 6.07) is 9.09. The first-order chi connectivity index (χ1) is 13.2. The number of aliphatic hydroxyl groups is 1. The number of hydrogen-bond acceptors (Lipinski definition) is 8. The van der Waals surface area contributed by atoms with Gasteiger partial charge in [0.1, 0.15) is 5.82 Å². The Kier molecular flexibility index (Phi) is 5.87. The van der Waals surface area contributed by atoms with Gasteiger partial charge in [-0.2, -0.15) is 4.98 Å². The average molecular weight is 370 g/mol. The van der Waals surface area contributed by atoms with E-state index in [0.717, 1.165) is 0 Å². The molecule has 3 rings (SSSR count). The normalized spacial score (nSPS) is 11.9. The first-order valence-electron chi connectivity index (χ1n) is 8.59. The summed E-state index contributed by atoms with van der Waals surface area (Å²) in [6.45, 7) is 2.37. The molecule has 0 spiro atoms. The minimum absolute atomic E-state index is 0.350. The van der Waals surface area contributed by atoms with Gasteiger partial charge in [0.2, 0.25) is 5.82 Å². The number of pyridine rings is 1. The van der Waals surface area contributed by atoms with Crippen LogP contribution >= 0.6 is 0 Å². The van der Waals surface area contributed by atoms with Crippen LogP contribution in [0.25, 0.3) is 22.8 Å². The molecule has 1 unspecified atom stereocenters. The summed E-state index contributed by atoms with van der Waals surface area (Å²) in [4.78, 5) is 8.75. The molecule has 3 aromatic rings. The molecule has 142 valence electrons. The molecule has 0 saturated heterocycles. The molecule has 1 aromatic carbocycles. The number of ether oxygens (including phenoxy) is 2. The van der Waals surface area contributed by atoms with Crippen molar-refractivity contribution < 1.29 is 19.1 Å². The second kappa shape index (κ2) is 8.50. The lowest BCUT2D eigenvalue weighted by atomic mass is 10.1. The topological polar surface area (TPSA) is 103 Å². The molecule has 0 amide bonds. The molecule has 27 heavy (non-hydrogen) atoms. The minimum Gasteiger partial charge on any atom is -0.493 e.